The normalized spacial score (nSPS) is 10.6. The van der Waals surface area contributed by atoms with Crippen molar-refractivity contribution in [2.45, 2.75) is 33.9 Å². The van der Waals surface area contributed by atoms with Gasteiger partial charge in [0.05, 0.1) is 5.69 Å². The van der Waals surface area contributed by atoms with Gasteiger partial charge in [0.2, 0.25) is 5.91 Å². The molecule has 0 spiro atoms. The first-order chi connectivity index (χ1) is 7.51. The van der Waals surface area contributed by atoms with Gasteiger partial charge in [-0.2, -0.15) is 5.10 Å². The molecule has 0 unspecified atom stereocenters. The average Bonchev–Trinajstić information content (AvgIpc) is 2.52. The molecule has 0 aromatic carbocycles. The fourth-order valence-corrected chi connectivity index (χ4v) is 1.61. The second kappa shape index (κ2) is 5.12. The Morgan fingerprint density at radius 2 is 2.12 bits per heavy atom. The zero-order chi connectivity index (χ0) is 12.3. The van der Waals surface area contributed by atoms with E-state index in [1.165, 1.54) is 0 Å². The maximum atomic E-state index is 11.7. The van der Waals surface area contributed by atoms with Crippen LogP contribution in [-0.4, -0.2) is 34.2 Å². The molecule has 0 saturated heterocycles. The molecule has 16 heavy (non-hydrogen) atoms. The fourth-order valence-electron chi connectivity index (χ4n) is 1.61. The lowest BCUT2D eigenvalue weighted by atomic mass is 10.2. The highest BCUT2D eigenvalue weighted by Crippen LogP contribution is 2.11. The topological polar surface area (TPSA) is 64.2 Å². The van der Waals surface area contributed by atoms with Gasteiger partial charge >= 0.3 is 0 Å². The molecule has 90 valence electrons. The summed E-state index contributed by atoms with van der Waals surface area (Å²) in [5.41, 5.74) is 8.56. The van der Waals surface area contributed by atoms with E-state index in [2.05, 4.69) is 5.10 Å². The van der Waals surface area contributed by atoms with E-state index in [0.717, 1.165) is 17.0 Å². The predicted octanol–water partition coefficient (Wildman–Crippen LogP) is 0.437. The molecule has 0 aliphatic carbocycles. The number of hydrogen-bond acceptors (Lipinski definition) is 3. The summed E-state index contributed by atoms with van der Waals surface area (Å²) in [6.07, 6.45) is 0. The maximum absolute atomic E-state index is 11.7. The van der Waals surface area contributed by atoms with Gasteiger partial charge in [0.25, 0.3) is 0 Å². The van der Waals surface area contributed by atoms with Gasteiger partial charge in [0.1, 0.15) is 6.54 Å². The number of aromatic nitrogens is 2. The number of rotatable bonds is 4. The van der Waals surface area contributed by atoms with E-state index in [1.807, 2.05) is 20.8 Å². The number of carbonyl (C=O) groups is 1. The Labute approximate surface area is 96.2 Å². The van der Waals surface area contributed by atoms with Crippen LogP contribution in [0.2, 0.25) is 0 Å². The third-order valence-electron chi connectivity index (χ3n) is 2.92. The lowest BCUT2D eigenvalue weighted by molar-refractivity contribution is -0.130. The Bertz CT molecular complexity index is 384. The number of likely N-dealkylation sites (N-methyl/N-ethyl adjacent to an activating group) is 1. The van der Waals surface area contributed by atoms with Crippen molar-refractivity contribution in [3.8, 4) is 0 Å². The number of nitrogens with two attached hydrogens (primary N) is 1. The minimum Gasteiger partial charge on any atom is -0.344 e. The Kier molecular flexibility index (Phi) is 4.06. The zero-order valence-corrected chi connectivity index (χ0v) is 10.4. The van der Waals surface area contributed by atoms with Crippen LogP contribution in [0.1, 0.15) is 23.9 Å². The molecule has 1 aromatic rings. The highest BCUT2D eigenvalue weighted by molar-refractivity contribution is 5.75. The summed E-state index contributed by atoms with van der Waals surface area (Å²) in [5.74, 6) is 0.0664. The van der Waals surface area contributed by atoms with Crippen LogP contribution in [-0.2, 0) is 17.9 Å². The van der Waals surface area contributed by atoms with Crippen LogP contribution in [0.5, 0.6) is 0 Å². The van der Waals surface area contributed by atoms with Crippen molar-refractivity contribution in [1.82, 2.24) is 14.7 Å². The van der Waals surface area contributed by atoms with Crippen LogP contribution >= 0.6 is 0 Å². The van der Waals surface area contributed by atoms with Gasteiger partial charge in [-0.15, -0.1) is 0 Å². The van der Waals surface area contributed by atoms with Crippen molar-refractivity contribution >= 4 is 5.91 Å². The van der Waals surface area contributed by atoms with Gasteiger partial charge in [-0.1, -0.05) is 0 Å². The summed E-state index contributed by atoms with van der Waals surface area (Å²) in [5, 5.41) is 4.33. The highest BCUT2D eigenvalue weighted by Gasteiger charge is 2.14. The van der Waals surface area contributed by atoms with Crippen molar-refractivity contribution in [2.75, 3.05) is 13.6 Å². The van der Waals surface area contributed by atoms with E-state index >= 15 is 0 Å². The van der Waals surface area contributed by atoms with Crippen LogP contribution in [0.3, 0.4) is 0 Å². The number of amides is 1. The molecular formula is C11H20N4O. The van der Waals surface area contributed by atoms with E-state index in [9.17, 15) is 4.79 Å². The van der Waals surface area contributed by atoms with Crippen molar-refractivity contribution in [2.24, 2.45) is 5.73 Å². The van der Waals surface area contributed by atoms with Gasteiger partial charge in [-0.3, -0.25) is 9.48 Å². The van der Waals surface area contributed by atoms with Gasteiger partial charge in [0.15, 0.2) is 0 Å². The predicted molar refractivity (Wildman–Crippen MR) is 62.9 cm³/mol. The number of carbonyl (C=O) groups excluding carboxylic acids is 1. The summed E-state index contributed by atoms with van der Waals surface area (Å²) in [6, 6.07) is 0. The minimum atomic E-state index is 0.0664. The first-order valence-electron chi connectivity index (χ1n) is 5.48. The summed E-state index contributed by atoms with van der Waals surface area (Å²) in [7, 11) is 1.79. The Balaban J connectivity index is 2.86. The van der Waals surface area contributed by atoms with Crippen LogP contribution < -0.4 is 5.73 Å². The Morgan fingerprint density at radius 1 is 1.50 bits per heavy atom. The molecule has 5 nitrogen and oxygen atoms in total. The van der Waals surface area contributed by atoms with E-state index in [0.29, 0.717) is 13.1 Å². The first-order valence-corrected chi connectivity index (χ1v) is 5.48. The largest absolute Gasteiger partial charge is 0.344 e. The molecule has 0 aliphatic rings. The second-order valence-electron chi connectivity index (χ2n) is 3.92. The van der Waals surface area contributed by atoms with E-state index in [4.69, 9.17) is 5.73 Å². The molecule has 0 saturated carbocycles. The lowest BCUT2D eigenvalue weighted by Crippen LogP contribution is -2.30. The van der Waals surface area contributed by atoms with E-state index in [1.54, 1.807) is 16.6 Å². The molecule has 0 fully saturated rings. The van der Waals surface area contributed by atoms with Crippen molar-refractivity contribution in [3.63, 3.8) is 0 Å². The van der Waals surface area contributed by atoms with E-state index < -0.39 is 0 Å². The molecule has 0 bridgehead atoms. The molecule has 0 atom stereocenters. The molecule has 1 rings (SSSR count). The van der Waals surface area contributed by atoms with Crippen molar-refractivity contribution in [3.05, 3.63) is 17.0 Å². The van der Waals surface area contributed by atoms with Crippen molar-refractivity contribution in [1.29, 1.82) is 0 Å². The molecule has 1 heterocycles. The van der Waals surface area contributed by atoms with E-state index in [-0.39, 0.29) is 12.5 Å². The molecule has 2 N–H and O–H groups in total. The SMILES string of the molecule is CCN(C)C(=O)Cn1nc(C)c(CN)c1C. The van der Waals surface area contributed by atoms with Crippen molar-refractivity contribution < 1.29 is 4.79 Å². The minimum absolute atomic E-state index is 0.0664. The fraction of sp³-hybridized carbons (Fsp3) is 0.636. The second-order valence-corrected chi connectivity index (χ2v) is 3.92. The Morgan fingerprint density at radius 3 is 2.56 bits per heavy atom. The van der Waals surface area contributed by atoms with Crippen LogP contribution in [0.25, 0.3) is 0 Å². The smallest absolute Gasteiger partial charge is 0.244 e. The molecule has 0 aliphatic heterocycles. The molecule has 1 aromatic heterocycles. The summed E-state index contributed by atoms with van der Waals surface area (Å²) in [4.78, 5) is 13.4. The average molecular weight is 224 g/mol. The zero-order valence-electron chi connectivity index (χ0n) is 10.4. The third kappa shape index (κ3) is 2.41. The van der Waals surface area contributed by atoms with Crippen LogP contribution in [0, 0.1) is 13.8 Å². The lowest BCUT2D eigenvalue weighted by Gasteiger charge is -2.14. The summed E-state index contributed by atoms with van der Waals surface area (Å²) >= 11 is 0. The molecule has 5 heteroatoms. The maximum Gasteiger partial charge on any atom is 0.244 e. The molecule has 0 radical (unpaired) electrons. The summed E-state index contributed by atoms with van der Waals surface area (Å²) in [6.45, 7) is 7.28. The standard InChI is InChI=1S/C11H20N4O/c1-5-14(4)11(16)7-15-9(3)10(6-12)8(2)13-15/h5-7,12H2,1-4H3. The third-order valence-corrected chi connectivity index (χ3v) is 2.92. The Hall–Kier alpha value is -1.36. The monoisotopic (exact) mass is 224 g/mol. The van der Waals surface area contributed by atoms with Crippen LogP contribution in [0.15, 0.2) is 0 Å². The number of hydrogen-bond donors (Lipinski definition) is 1. The quantitative estimate of drug-likeness (QED) is 0.807. The van der Waals surface area contributed by atoms with Gasteiger partial charge in [-0.05, 0) is 20.8 Å². The van der Waals surface area contributed by atoms with Gasteiger partial charge in [0, 0.05) is 31.4 Å². The molecule has 1 amide bonds. The number of aryl methyl sites for hydroxylation is 1. The van der Waals surface area contributed by atoms with Gasteiger partial charge < -0.3 is 10.6 Å². The summed E-state index contributed by atoms with van der Waals surface area (Å²) < 4.78 is 1.73. The first kappa shape index (κ1) is 12.7. The van der Waals surface area contributed by atoms with Gasteiger partial charge in [-0.25, -0.2) is 0 Å². The molecular weight excluding hydrogens is 204 g/mol. The van der Waals surface area contributed by atoms with Crippen LogP contribution in [0.4, 0.5) is 0 Å². The highest BCUT2D eigenvalue weighted by atomic mass is 16.2. The number of nitrogens with zero attached hydrogens (tertiary/aromatic N) is 3.